The van der Waals surface area contributed by atoms with Crippen molar-refractivity contribution in [1.82, 2.24) is 9.97 Å². The molecule has 3 aromatic rings. The Bertz CT molecular complexity index is 1250. The van der Waals surface area contributed by atoms with Gasteiger partial charge in [-0.25, -0.2) is 4.98 Å². The summed E-state index contributed by atoms with van der Waals surface area (Å²) in [6.07, 6.45) is 4.25. The molecule has 9 nitrogen and oxygen atoms in total. The molecule has 1 saturated heterocycles. The molecule has 0 radical (unpaired) electrons. The summed E-state index contributed by atoms with van der Waals surface area (Å²) in [5.41, 5.74) is 14.3. The van der Waals surface area contributed by atoms with Crippen molar-refractivity contribution >= 4 is 40.4 Å². The first kappa shape index (κ1) is 23.7. The van der Waals surface area contributed by atoms with Gasteiger partial charge in [0.2, 0.25) is 0 Å². The van der Waals surface area contributed by atoms with Gasteiger partial charge in [0.15, 0.2) is 6.23 Å². The minimum Gasteiger partial charge on any atom is -0.471 e. The Morgan fingerprint density at radius 3 is 2.71 bits per heavy atom. The number of hydrogen-bond donors (Lipinski definition) is 4. The van der Waals surface area contributed by atoms with Gasteiger partial charge in [-0.1, -0.05) is 23.2 Å². The maximum absolute atomic E-state index is 9.60. The Kier molecular flexibility index (Phi) is 7.14. The van der Waals surface area contributed by atoms with Gasteiger partial charge < -0.3 is 20.5 Å². The third-order valence-corrected chi connectivity index (χ3v) is 5.90. The van der Waals surface area contributed by atoms with Crippen molar-refractivity contribution in [1.29, 1.82) is 10.7 Å². The molecule has 2 atom stereocenters. The number of nitrogens with zero attached hydrogens (tertiary/aromatic N) is 3. The van der Waals surface area contributed by atoms with Gasteiger partial charge in [0, 0.05) is 47.6 Å². The Morgan fingerprint density at radius 1 is 1.26 bits per heavy atom. The molecule has 0 amide bonds. The minimum atomic E-state index is -0.967. The van der Waals surface area contributed by atoms with Gasteiger partial charge in [-0.2, -0.15) is 5.26 Å². The lowest BCUT2D eigenvalue weighted by atomic mass is 10.0. The summed E-state index contributed by atoms with van der Waals surface area (Å²) in [5, 5.41) is 22.1. The molecular formula is C23H21Cl2N7O2. The van der Waals surface area contributed by atoms with Crippen LogP contribution in [0.1, 0.15) is 34.9 Å². The molecule has 34 heavy (non-hydrogen) atoms. The Labute approximate surface area is 206 Å². The highest BCUT2D eigenvalue weighted by atomic mass is 35.5. The highest BCUT2D eigenvalue weighted by Crippen LogP contribution is 2.31. The van der Waals surface area contributed by atoms with Crippen molar-refractivity contribution in [2.24, 2.45) is 5.73 Å². The molecule has 3 heterocycles. The standard InChI is InChI=1S/C23H21Cl2N7O2/c24-17-9-30-10-18(25)20(17)22(29)34-15-1-2-19(27)16(6-15)21(28)13-5-12(7-26)23(31-8-13)32-14-3-4-33-11-14/h1-2,5-6,8-10,14,22,28H,3-4,11,27,29H2,(H,31,32)/t14-,22+/m1/s1. The lowest BCUT2D eigenvalue weighted by Gasteiger charge is -2.18. The number of nitriles is 1. The van der Waals surface area contributed by atoms with Crippen LogP contribution >= 0.6 is 23.2 Å². The second-order valence-electron chi connectivity index (χ2n) is 7.62. The Morgan fingerprint density at radius 2 is 2.03 bits per heavy atom. The molecular weight excluding hydrogens is 477 g/mol. The zero-order valence-electron chi connectivity index (χ0n) is 17.9. The van der Waals surface area contributed by atoms with Crippen molar-refractivity contribution in [3.8, 4) is 11.8 Å². The second kappa shape index (κ2) is 10.2. The van der Waals surface area contributed by atoms with Crippen LogP contribution in [0.5, 0.6) is 5.75 Å². The topological polar surface area (TPSA) is 156 Å². The van der Waals surface area contributed by atoms with E-state index in [1.165, 1.54) is 18.6 Å². The predicted molar refractivity (Wildman–Crippen MR) is 130 cm³/mol. The summed E-state index contributed by atoms with van der Waals surface area (Å²) < 4.78 is 11.2. The number of nitrogens with two attached hydrogens (primary N) is 2. The fourth-order valence-electron chi connectivity index (χ4n) is 3.52. The molecule has 2 aromatic heterocycles. The third kappa shape index (κ3) is 5.05. The number of halogens is 2. The molecule has 11 heteroatoms. The quantitative estimate of drug-likeness (QED) is 0.217. The molecule has 174 valence electrons. The van der Waals surface area contributed by atoms with Gasteiger partial charge in [-0.15, -0.1) is 0 Å². The van der Waals surface area contributed by atoms with Crippen molar-refractivity contribution in [2.45, 2.75) is 18.7 Å². The van der Waals surface area contributed by atoms with Crippen molar-refractivity contribution in [2.75, 3.05) is 24.3 Å². The molecule has 6 N–H and O–H groups in total. The summed E-state index contributed by atoms with van der Waals surface area (Å²) in [6.45, 7) is 1.23. The van der Waals surface area contributed by atoms with E-state index in [0.29, 0.717) is 52.7 Å². The summed E-state index contributed by atoms with van der Waals surface area (Å²) >= 11 is 12.3. The van der Waals surface area contributed by atoms with Crippen LogP contribution in [0.25, 0.3) is 0 Å². The minimum absolute atomic E-state index is 0.0799. The van der Waals surface area contributed by atoms with Crippen molar-refractivity contribution in [3.05, 3.63) is 75.2 Å². The maximum Gasteiger partial charge on any atom is 0.177 e. The van der Waals surface area contributed by atoms with E-state index < -0.39 is 6.23 Å². The number of nitrogen functional groups attached to an aromatic ring is 1. The second-order valence-corrected chi connectivity index (χ2v) is 8.43. The molecule has 0 aliphatic carbocycles. The molecule has 0 bridgehead atoms. The Balaban J connectivity index is 1.58. The van der Waals surface area contributed by atoms with Crippen LogP contribution in [0.15, 0.2) is 42.9 Å². The van der Waals surface area contributed by atoms with Crippen LogP contribution in [0.4, 0.5) is 11.5 Å². The summed E-state index contributed by atoms with van der Waals surface area (Å²) in [7, 11) is 0. The molecule has 1 aliphatic heterocycles. The molecule has 0 saturated carbocycles. The first-order valence-corrected chi connectivity index (χ1v) is 11.1. The van der Waals surface area contributed by atoms with Gasteiger partial charge in [-0.3, -0.25) is 16.1 Å². The molecule has 1 aromatic carbocycles. The monoisotopic (exact) mass is 497 g/mol. The maximum atomic E-state index is 9.60. The molecule has 0 spiro atoms. The number of aromatic nitrogens is 2. The number of rotatable bonds is 7. The zero-order chi connectivity index (χ0) is 24.2. The van der Waals surface area contributed by atoms with Crippen molar-refractivity contribution in [3.63, 3.8) is 0 Å². The SMILES string of the molecule is N#Cc1cc(C(=N)c2cc(O[C@H](N)c3c(Cl)cncc3Cl)ccc2N)cnc1N[C@@H]1CCOC1. The van der Waals surface area contributed by atoms with E-state index in [0.717, 1.165) is 6.42 Å². The van der Waals surface area contributed by atoms with E-state index in [-0.39, 0.29) is 21.8 Å². The highest BCUT2D eigenvalue weighted by Gasteiger charge is 2.20. The van der Waals surface area contributed by atoms with E-state index in [4.69, 9.17) is 49.6 Å². The average molecular weight is 498 g/mol. The number of pyridine rings is 2. The van der Waals surface area contributed by atoms with Gasteiger partial charge in [0.1, 0.15) is 17.6 Å². The number of anilines is 2. The van der Waals surface area contributed by atoms with Gasteiger partial charge in [0.05, 0.1) is 34.0 Å². The van der Waals surface area contributed by atoms with Gasteiger partial charge in [-0.05, 0) is 30.7 Å². The number of ether oxygens (including phenoxy) is 2. The third-order valence-electron chi connectivity index (χ3n) is 5.30. The van der Waals surface area contributed by atoms with Crippen LogP contribution in [-0.4, -0.2) is 34.9 Å². The summed E-state index contributed by atoms with van der Waals surface area (Å²) in [4.78, 5) is 8.27. The number of benzene rings is 1. The summed E-state index contributed by atoms with van der Waals surface area (Å²) in [6, 6.07) is 8.66. The van der Waals surface area contributed by atoms with Crippen LogP contribution in [0.3, 0.4) is 0 Å². The number of hydrogen-bond acceptors (Lipinski definition) is 9. The van der Waals surface area contributed by atoms with Crippen LogP contribution in [0.2, 0.25) is 10.0 Å². The normalized spacial score (nSPS) is 16.0. The fourth-order valence-corrected chi connectivity index (χ4v) is 4.10. The lowest BCUT2D eigenvalue weighted by molar-refractivity contribution is 0.195. The Hall–Kier alpha value is -3.42. The van der Waals surface area contributed by atoms with Gasteiger partial charge in [0.25, 0.3) is 0 Å². The smallest absolute Gasteiger partial charge is 0.177 e. The largest absolute Gasteiger partial charge is 0.471 e. The van der Waals surface area contributed by atoms with E-state index in [1.807, 2.05) is 0 Å². The summed E-state index contributed by atoms with van der Waals surface area (Å²) in [5.74, 6) is 0.815. The van der Waals surface area contributed by atoms with E-state index in [2.05, 4.69) is 21.4 Å². The first-order chi connectivity index (χ1) is 16.4. The molecule has 1 aliphatic rings. The highest BCUT2D eigenvalue weighted by molar-refractivity contribution is 6.35. The van der Waals surface area contributed by atoms with Crippen LogP contribution in [0, 0.1) is 16.7 Å². The van der Waals surface area contributed by atoms with E-state index >= 15 is 0 Å². The van der Waals surface area contributed by atoms with Gasteiger partial charge >= 0.3 is 0 Å². The lowest BCUT2D eigenvalue weighted by Crippen LogP contribution is -2.21. The molecule has 4 rings (SSSR count). The van der Waals surface area contributed by atoms with Crippen molar-refractivity contribution < 1.29 is 9.47 Å². The zero-order valence-corrected chi connectivity index (χ0v) is 19.4. The first-order valence-electron chi connectivity index (χ1n) is 10.3. The fraction of sp³-hybridized carbons (Fsp3) is 0.217. The van der Waals surface area contributed by atoms with E-state index in [1.54, 1.807) is 24.3 Å². The van der Waals surface area contributed by atoms with Crippen LogP contribution in [-0.2, 0) is 4.74 Å². The molecule has 1 fully saturated rings. The molecule has 0 unspecified atom stereocenters. The van der Waals surface area contributed by atoms with Crippen LogP contribution < -0.4 is 21.5 Å². The number of nitrogens with one attached hydrogen (secondary N) is 2. The average Bonchev–Trinajstić information content (AvgIpc) is 3.33. The predicted octanol–water partition coefficient (Wildman–Crippen LogP) is 3.89. The van der Waals surface area contributed by atoms with E-state index in [9.17, 15) is 5.26 Å².